The molecule has 1 aliphatic carbocycles. The van der Waals surface area contributed by atoms with E-state index in [1.54, 1.807) is 0 Å². The first-order chi connectivity index (χ1) is 8.24. The number of nitrogens with two attached hydrogens (primary N) is 1. The maximum atomic E-state index is 5.88. The smallest absolute Gasteiger partial charge is 0.243 e. The average Bonchev–Trinajstić information content (AvgIpc) is 2.87. The van der Waals surface area contributed by atoms with Crippen LogP contribution in [-0.2, 0) is 0 Å². The van der Waals surface area contributed by atoms with Gasteiger partial charge in [-0.15, -0.1) is 0 Å². The standard InChI is InChI=1S/C13H23N3O/c1-3-9-5-7-10(8-6-9)12-15-13(17-16-12)11(14)4-2/h9-11H,3-8,14H2,1-2H3/t9?,10?,11-/m1/s1. The van der Waals surface area contributed by atoms with Gasteiger partial charge in [0.05, 0.1) is 6.04 Å². The Hall–Kier alpha value is -0.900. The summed E-state index contributed by atoms with van der Waals surface area (Å²) in [5.41, 5.74) is 5.88. The van der Waals surface area contributed by atoms with Crippen LogP contribution in [-0.4, -0.2) is 10.1 Å². The molecule has 4 heteroatoms. The fourth-order valence-electron chi connectivity index (χ4n) is 2.57. The Balaban J connectivity index is 1.97. The first-order valence-electron chi connectivity index (χ1n) is 6.83. The molecule has 0 radical (unpaired) electrons. The lowest BCUT2D eigenvalue weighted by atomic mass is 9.80. The highest BCUT2D eigenvalue weighted by Crippen LogP contribution is 2.35. The van der Waals surface area contributed by atoms with Gasteiger partial charge in [-0.2, -0.15) is 4.98 Å². The van der Waals surface area contributed by atoms with Crippen molar-refractivity contribution in [2.45, 2.75) is 64.3 Å². The molecule has 1 heterocycles. The van der Waals surface area contributed by atoms with E-state index in [0.717, 1.165) is 18.2 Å². The minimum absolute atomic E-state index is 0.108. The quantitative estimate of drug-likeness (QED) is 0.873. The van der Waals surface area contributed by atoms with Gasteiger partial charge in [-0.1, -0.05) is 25.4 Å². The number of hydrogen-bond acceptors (Lipinski definition) is 4. The molecule has 0 unspecified atom stereocenters. The molecule has 0 aromatic carbocycles. The summed E-state index contributed by atoms with van der Waals surface area (Å²) in [7, 11) is 0. The Morgan fingerprint density at radius 2 is 2.00 bits per heavy atom. The first-order valence-corrected chi connectivity index (χ1v) is 6.83. The zero-order valence-electron chi connectivity index (χ0n) is 10.9. The Kier molecular flexibility index (Phi) is 4.15. The van der Waals surface area contributed by atoms with Crippen molar-refractivity contribution in [2.24, 2.45) is 11.7 Å². The molecule has 0 bridgehead atoms. The van der Waals surface area contributed by atoms with E-state index in [0.29, 0.717) is 11.8 Å². The van der Waals surface area contributed by atoms with Gasteiger partial charge in [-0.3, -0.25) is 0 Å². The molecule has 0 aliphatic heterocycles. The minimum atomic E-state index is -0.108. The SMILES string of the molecule is CCC1CCC(c2noc([C@H](N)CC)n2)CC1. The lowest BCUT2D eigenvalue weighted by Gasteiger charge is -2.25. The van der Waals surface area contributed by atoms with Crippen LogP contribution in [0.1, 0.15) is 76.0 Å². The second-order valence-electron chi connectivity index (χ2n) is 5.13. The van der Waals surface area contributed by atoms with Crippen LogP contribution in [0.3, 0.4) is 0 Å². The number of hydrogen-bond donors (Lipinski definition) is 1. The molecule has 1 atom stereocenters. The van der Waals surface area contributed by atoms with Crippen LogP contribution in [0, 0.1) is 5.92 Å². The third kappa shape index (κ3) is 2.86. The van der Waals surface area contributed by atoms with Crippen LogP contribution in [0.15, 0.2) is 4.52 Å². The fourth-order valence-corrected chi connectivity index (χ4v) is 2.57. The summed E-state index contributed by atoms with van der Waals surface area (Å²) in [6, 6.07) is -0.108. The maximum Gasteiger partial charge on any atom is 0.243 e. The zero-order chi connectivity index (χ0) is 12.3. The molecule has 2 N–H and O–H groups in total. The van der Waals surface area contributed by atoms with E-state index in [2.05, 4.69) is 17.1 Å². The third-order valence-electron chi connectivity index (χ3n) is 4.00. The third-order valence-corrected chi connectivity index (χ3v) is 4.00. The number of rotatable bonds is 4. The topological polar surface area (TPSA) is 64.9 Å². The van der Waals surface area contributed by atoms with E-state index in [9.17, 15) is 0 Å². The van der Waals surface area contributed by atoms with Crippen LogP contribution in [0.2, 0.25) is 0 Å². The molecule has 0 spiro atoms. The van der Waals surface area contributed by atoms with E-state index >= 15 is 0 Å². The van der Waals surface area contributed by atoms with E-state index in [1.807, 2.05) is 6.92 Å². The molecule has 1 aromatic rings. The molecule has 0 saturated heterocycles. The molecule has 4 nitrogen and oxygen atoms in total. The van der Waals surface area contributed by atoms with Crippen molar-refractivity contribution < 1.29 is 4.52 Å². The summed E-state index contributed by atoms with van der Waals surface area (Å²) in [6.07, 6.45) is 7.11. The summed E-state index contributed by atoms with van der Waals surface area (Å²) in [5, 5.41) is 4.09. The molecule has 1 fully saturated rings. The van der Waals surface area contributed by atoms with Gasteiger partial charge in [0.15, 0.2) is 5.82 Å². The lowest BCUT2D eigenvalue weighted by molar-refractivity contribution is 0.301. The predicted molar refractivity (Wildman–Crippen MR) is 66.5 cm³/mol. The highest BCUT2D eigenvalue weighted by Gasteiger charge is 2.25. The molecule has 1 aliphatic rings. The summed E-state index contributed by atoms with van der Waals surface area (Å²) < 4.78 is 5.24. The van der Waals surface area contributed by atoms with Crippen LogP contribution >= 0.6 is 0 Å². The molecule has 2 rings (SSSR count). The average molecular weight is 237 g/mol. The zero-order valence-corrected chi connectivity index (χ0v) is 10.9. The largest absolute Gasteiger partial charge is 0.338 e. The first kappa shape index (κ1) is 12.6. The minimum Gasteiger partial charge on any atom is -0.338 e. The van der Waals surface area contributed by atoms with E-state index < -0.39 is 0 Å². The summed E-state index contributed by atoms with van der Waals surface area (Å²) in [5.74, 6) is 2.86. The van der Waals surface area contributed by atoms with Crippen LogP contribution in [0.5, 0.6) is 0 Å². The molecular formula is C13H23N3O. The molecular weight excluding hydrogens is 214 g/mol. The van der Waals surface area contributed by atoms with Crippen molar-refractivity contribution >= 4 is 0 Å². The lowest BCUT2D eigenvalue weighted by Crippen LogP contribution is -2.14. The van der Waals surface area contributed by atoms with Crippen molar-refractivity contribution in [2.75, 3.05) is 0 Å². The van der Waals surface area contributed by atoms with E-state index in [4.69, 9.17) is 10.3 Å². The summed E-state index contributed by atoms with van der Waals surface area (Å²) in [6.45, 7) is 4.30. The van der Waals surface area contributed by atoms with E-state index in [-0.39, 0.29) is 6.04 Å². The molecule has 17 heavy (non-hydrogen) atoms. The monoisotopic (exact) mass is 237 g/mol. The molecule has 0 amide bonds. The Labute approximate surface area is 103 Å². The second-order valence-corrected chi connectivity index (χ2v) is 5.13. The molecule has 96 valence electrons. The van der Waals surface area contributed by atoms with Gasteiger partial charge >= 0.3 is 0 Å². The van der Waals surface area contributed by atoms with Gasteiger partial charge in [0.1, 0.15) is 0 Å². The highest BCUT2D eigenvalue weighted by molar-refractivity contribution is 4.99. The van der Waals surface area contributed by atoms with Gasteiger partial charge in [0.25, 0.3) is 0 Å². The maximum absolute atomic E-state index is 5.88. The number of nitrogens with zero attached hydrogens (tertiary/aromatic N) is 2. The van der Waals surface area contributed by atoms with Crippen molar-refractivity contribution in [1.29, 1.82) is 0 Å². The van der Waals surface area contributed by atoms with Crippen LogP contribution in [0.25, 0.3) is 0 Å². The fraction of sp³-hybridized carbons (Fsp3) is 0.846. The Bertz CT molecular complexity index is 342. The van der Waals surface area contributed by atoms with Gasteiger partial charge in [0, 0.05) is 5.92 Å². The molecule has 1 aromatic heterocycles. The van der Waals surface area contributed by atoms with Crippen molar-refractivity contribution in [1.82, 2.24) is 10.1 Å². The van der Waals surface area contributed by atoms with Gasteiger partial charge in [-0.05, 0) is 38.0 Å². The van der Waals surface area contributed by atoms with Crippen molar-refractivity contribution in [3.8, 4) is 0 Å². The van der Waals surface area contributed by atoms with Gasteiger partial charge in [-0.25, -0.2) is 0 Å². The predicted octanol–water partition coefficient (Wildman–Crippen LogP) is 3.16. The normalized spacial score (nSPS) is 27.0. The highest BCUT2D eigenvalue weighted by atomic mass is 16.5. The Morgan fingerprint density at radius 3 is 2.59 bits per heavy atom. The van der Waals surface area contributed by atoms with Crippen molar-refractivity contribution in [3.63, 3.8) is 0 Å². The van der Waals surface area contributed by atoms with E-state index in [1.165, 1.54) is 32.1 Å². The molecule has 1 saturated carbocycles. The summed E-state index contributed by atoms with van der Waals surface area (Å²) in [4.78, 5) is 4.45. The van der Waals surface area contributed by atoms with Crippen LogP contribution in [0.4, 0.5) is 0 Å². The summed E-state index contributed by atoms with van der Waals surface area (Å²) >= 11 is 0. The van der Waals surface area contributed by atoms with Crippen LogP contribution < -0.4 is 5.73 Å². The second kappa shape index (κ2) is 5.63. The van der Waals surface area contributed by atoms with Gasteiger partial charge < -0.3 is 10.3 Å². The van der Waals surface area contributed by atoms with Gasteiger partial charge in [0.2, 0.25) is 5.89 Å². The number of aromatic nitrogens is 2. The van der Waals surface area contributed by atoms with Crippen molar-refractivity contribution in [3.05, 3.63) is 11.7 Å². The Morgan fingerprint density at radius 1 is 1.29 bits per heavy atom.